The Morgan fingerprint density at radius 1 is 1.11 bits per heavy atom. The molecule has 288 valence electrons. The lowest BCUT2D eigenvalue weighted by molar-refractivity contribution is -0.141. The third kappa shape index (κ3) is 7.51. The van der Waals surface area contributed by atoms with E-state index in [1.807, 2.05) is 0 Å². The van der Waals surface area contributed by atoms with Gasteiger partial charge in [0, 0.05) is 29.9 Å². The quantitative estimate of drug-likeness (QED) is 0.260. The van der Waals surface area contributed by atoms with Gasteiger partial charge in [0.1, 0.15) is 17.6 Å². The first-order chi connectivity index (χ1) is 24.7. The predicted molar refractivity (Wildman–Crippen MR) is 187 cm³/mol. The minimum atomic E-state index is -4.70. The number of nitrogens with one attached hydrogen (secondary N) is 3. The summed E-state index contributed by atoms with van der Waals surface area (Å²) in [5, 5.41) is 15.6. The fourth-order valence-electron chi connectivity index (χ4n) is 7.69. The minimum absolute atomic E-state index is 0.0258. The summed E-state index contributed by atoms with van der Waals surface area (Å²) >= 11 is 6.47. The van der Waals surface area contributed by atoms with Crippen LogP contribution < -0.4 is 15.4 Å². The van der Waals surface area contributed by atoms with Crippen molar-refractivity contribution >= 4 is 51.1 Å². The average Bonchev–Trinajstić information content (AvgIpc) is 3.96. The SMILES string of the molecule is CC[C@@H]1C[C@]1(NC(=O)[C@@H]1C[C@@H](C2c3cccc(Cl)c3CN2C(=O)O)CN1C(=O)[C@@H](Nc1cncc(C(F)(F)F)c1)C(C)(C)C)C(=O)NS(=O)(=O)C1CC1. The monoisotopic (exact) mass is 782 g/mol. The number of nitrogens with zero attached hydrogens (tertiary/aromatic N) is 3. The molecule has 4 aliphatic rings. The lowest BCUT2D eigenvalue weighted by Gasteiger charge is -2.36. The van der Waals surface area contributed by atoms with E-state index in [2.05, 4.69) is 20.3 Å². The summed E-state index contributed by atoms with van der Waals surface area (Å²) in [6, 6.07) is 2.61. The van der Waals surface area contributed by atoms with Crippen LogP contribution in [-0.4, -0.2) is 81.5 Å². The Balaban J connectivity index is 1.35. The lowest BCUT2D eigenvalue weighted by atomic mass is 9.85. The van der Waals surface area contributed by atoms with Crippen molar-refractivity contribution in [3.63, 3.8) is 0 Å². The molecule has 2 saturated carbocycles. The number of pyridine rings is 1. The van der Waals surface area contributed by atoms with Gasteiger partial charge in [-0.1, -0.05) is 57.8 Å². The van der Waals surface area contributed by atoms with E-state index in [4.69, 9.17) is 11.6 Å². The number of anilines is 1. The summed E-state index contributed by atoms with van der Waals surface area (Å²) in [6.07, 6.45) is -2.73. The number of carboxylic acid groups (broad SMARTS) is 1. The number of amides is 4. The van der Waals surface area contributed by atoms with E-state index in [9.17, 15) is 45.9 Å². The van der Waals surface area contributed by atoms with E-state index in [1.54, 1.807) is 45.9 Å². The molecule has 6 rings (SSSR count). The maximum Gasteiger partial charge on any atom is 0.417 e. The second-order valence-electron chi connectivity index (χ2n) is 15.5. The van der Waals surface area contributed by atoms with Crippen molar-refractivity contribution in [3.05, 3.63) is 58.4 Å². The number of carbonyl (C=O) groups excluding carboxylic acids is 3. The van der Waals surface area contributed by atoms with Gasteiger partial charge in [-0.05, 0) is 60.3 Å². The van der Waals surface area contributed by atoms with Crippen LogP contribution in [-0.2, 0) is 37.1 Å². The first kappa shape index (κ1) is 38.6. The zero-order valence-electron chi connectivity index (χ0n) is 29.5. The number of aromatic nitrogens is 1. The summed E-state index contributed by atoms with van der Waals surface area (Å²) in [5.74, 6) is -3.29. The molecule has 18 heteroatoms. The molecule has 0 spiro atoms. The Hall–Kier alpha value is -4.12. The van der Waals surface area contributed by atoms with E-state index < -0.39 is 85.8 Å². The highest BCUT2D eigenvalue weighted by atomic mass is 35.5. The van der Waals surface area contributed by atoms with Crippen molar-refractivity contribution in [2.75, 3.05) is 11.9 Å². The maximum absolute atomic E-state index is 14.7. The summed E-state index contributed by atoms with van der Waals surface area (Å²) in [7, 11) is -3.95. The molecule has 1 saturated heterocycles. The van der Waals surface area contributed by atoms with Gasteiger partial charge in [-0.15, -0.1) is 0 Å². The van der Waals surface area contributed by atoms with Gasteiger partial charge in [0.2, 0.25) is 21.8 Å². The van der Waals surface area contributed by atoms with Crippen LogP contribution in [0, 0.1) is 17.3 Å². The molecule has 2 aliphatic heterocycles. The fourth-order valence-corrected chi connectivity index (χ4v) is 9.30. The normalized spacial score (nSPS) is 26.1. The smallest absolute Gasteiger partial charge is 0.417 e. The Kier molecular flexibility index (Phi) is 9.92. The number of carbonyl (C=O) groups is 4. The van der Waals surface area contributed by atoms with Crippen molar-refractivity contribution < 1.29 is 45.9 Å². The molecule has 1 unspecified atom stereocenters. The van der Waals surface area contributed by atoms with Crippen LogP contribution in [0.3, 0.4) is 0 Å². The number of halogens is 4. The van der Waals surface area contributed by atoms with Crippen molar-refractivity contribution in [1.82, 2.24) is 24.8 Å². The topological polar surface area (TPSA) is 178 Å². The lowest BCUT2D eigenvalue weighted by Crippen LogP contribution is -2.58. The highest BCUT2D eigenvalue weighted by molar-refractivity contribution is 7.91. The van der Waals surface area contributed by atoms with Crippen molar-refractivity contribution in [1.29, 1.82) is 0 Å². The van der Waals surface area contributed by atoms with Crippen LogP contribution in [0.4, 0.5) is 23.7 Å². The van der Waals surface area contributed by atoms with Crippen molar-refractivity contribution in [2.45, 2.75) is 101 Å². The molecule has 6 atom stereocenters. The summed E-state index contributed by atoms with van der Waals surface area (Å²) in [5.41, 5.74) is -2.39. The van der Waals surface area contributed by atoms with Crippen molar-refractivity contribution in [2.24, 2.45) is 17.3 Å². The first-order valence-corrected chi connectivity index (χ1v) is 19.3. The van der Waals surface area contributed by atoms with Gasteiger partial charge >= 0.3 is 12.3 Å². The molecule has 0 radical (unpaired) electrons. The molecule has 13 nitrogen and oxygen atoms in total. The maximum atomic E-state index is 14.7. The zero-order chi connectivity index (χ0) is 38.8. The van der Waals surface area contributed by atoms with Gasteiger partial charge < -0.3 is 20.6 Å². The molecule has 2 aromatic rings. The van der Waals surface area contributed by atoms with E-state index in [-0.39, 0.29) is 37.5 Å². The average molecular weight is 783 g/mol. The van der Waals surface area contributed by atoms with Crippen LogP contribution in [0.2, 0.25) is 5.02 Å². The van der Waals surface area contributed by atoms with Crippen LogP contribution >= 0.6 is 11.6 Å². The summed E-state index contributed by atoms with van der Waals surface area (Å²) in [4.78, 5) is 61.4. The molecule has 3 fully saturated rings. The van der Waals surface area contributed by atoms with Crippen LogP contribution in [0.5, 0.6) is 0 Å². The van der Waals surface area contributed by atoms with E-state index in [0.29, 0.717) is 41.6 Å². The molecule has 2 aliphatic carbocycles. The first-order valence-electron chi connectivity index (χ1n) is 17.4. The van der Waals surface area contributed by atoms with Crippen molar-refractivity contribution in [3.8, 4) is 0 Å². The van der Waals surface area contributed by atoms with E-state index in [0.717, 1.165) is 12.3 Å². The molecule has 53 heavy (non-hydrogen) atoms. The third-order valence-corrected chi connectivity index (χ3v) is 13.0. The van der Waals surface area contributed by atoms with Crippen LogP contribution in [0.25, 0.3) is 0 Å². The Morgan fingerprint density at radius 3 is 2.40 bits per heavy atom. The van der Waals surface area contributed by atoms with E-state index >= 15 is 0 Å². The van der Waals surface area contributed by atoms with Gasteiger partial charge in [-0.2, -0.15) is 13.2 Å². The highest BCUT2D eigenvalue weighted by Crippen LogP contribution is 2.49. The Morgan fingerprint density at radius 2 is 1.81 bits per heavy atom. The van der Waals surface area contributed by atoms with Gasteiger partial charge in [0.25, 0.3) is 5.91 Å². The Bertz CT molecular complexity index is 1940. The molecular weight excluding hydrogens is 741 g/mol. The van der Waals surface area contributed by atoms with Gasteiger partial charge in [0.05, 0.1) is 29.1 Å². The Labute approximate surface area is 310 Å². The largest absolute Gasteiger partial charge is 0.465 e. The summed E-state index contributed by atoms with van der Waals surface area (Å²) < 4.78 is 68.3. The number of alkyl halides is 3. The molecule has 3 heterocycles. The summed E-state index contributed by atoms with van der Waals surface area (Å²) in [6.45, 7) is 6.74. The van der Waals surface area contributed by atoms with Gasteiger partial charge in [0.15, 0.2) is 0 Å². The zero-order valence-corrected chi connectivity index (χ0v) is 31.1. The minimum Gasteiger partial charge on any atom is -0.465 e. The molecule has 1 aromatic heterocycles. The van der Waals surface area contributed by atoms with Crippen LogP contribution in [0.1, 0.15) is 82.5 Å². The number of fused-ring (bicyclic) bond motifs is 1. The number of hydrogen-bond donors (Lipinski definition) is 4. The van der Waals surface area contributed by atoms with Gasteiger partial charge in [-0.3, -0.25) is 29.0 Å². The molecular formula is C35H42ClF3N6O7S. The number of sulfonamides is 1. The van der Waals surface area contributed by atoms with Crippen LogP contribution in [0.15, 0.2) is 36.7 Å². The second kappa shape index (κ2) is 13.6. The predicted octanol–water partition coefficient (Wildman–Crippen LogP) is 4.93. The number of rotatable bonds is 10. The second-order valence-corrected chi connectivity index (χ2v) is 17.9. The number of benzene rings is 1. The van der Waals surface area contributed by atoms with Gasteiger partial charge in [-0.25, -0.2) is 13.2 Å². The standard InChI is InChI=1S/C35H42ClF3N6O7S/c1-5-19-13-34(19,31(48)43-53(51,52)22-9-10-22)42-29(46)26-11-18(27-23-7-6-8-25(36)24(23)17-45(27)32(49)50)16-44(26)30(47)28(33(2,3)4)41-21-12-20(14-40-15-21)35(37,38)39/h6-8,12,14-15,18-19,22,26-28,41H,5,9-11,13,16-17H2,1-4H3,(H,42,46)(H,43,48)(H,49,50)/t18-,19-,26+,27?,28-,34-/m1/s1. The molecule has 0 bridgehead atoms. The molecule has 1 aromatic carbocycles. The fraction of sp³-hybridized carbons (Fsp3) is 0.571. The highest BCUT2D eigenvalue weighted by Gasteiger charge is 2.62. The van der Waals surface area contributed by atoms with E-state index in [1.165, 1.54) is 9.80 Å². The molecule has 4 amide bonds. The molecule has 4 N–H and O–H groups in total. The number of hydrogen-bond acceptors (Lipinski definition) is 8. The third-order valence-electron chi connectivity index (χ3n) is 10.8. The number of likely N-dealkylation sites (tertiary alicyclic amines) is 1.